The van der Waals surface area contributed by atoms with E-state index in [1.54, 1.807) is 6.92 Å². The third kappa shape index (κ3) is 2.87. The van der Waals surface area contributed by atoms with Crippen molar-refractivity contribution < 1.29 is 5.11 Å². The number of fused-ring (bicyclic) bond motifs is 1. The molecule has 0 radical (unpaired) electrons. The quantitative estimate of drug-likeness (QED) is 0.780. The van der Waals surface area contributed by atoms with Crippen LogP contribution >= 0.6 is 0 Å². The highest BCUT2D eigenvalue weighted by molar-refractivity contribution is 5.14. The van der Waals surface area contributed by atoms with E-state index < -0.39 is 6.10 Å². The molecular formula is C13H19N3O. The summed E-state index contributed by atoms with van der Waals surface area (Å²) in [5, 5.41) is 13.9. The average molecular weight is 233 g/mol. The zero-order valence-corrected chi connectivity index (χ0v) is 10.5. The number of aliphatic hydroxyl groups is 1. The lowest BCUT2D eigenvalue weighted by atomic mass is 10.2. The molecule has 1 aromatic rings. The van der Waals surface area contributed by atoms with E-state index in [2.05, 4.69) is 28.8 Å². The second-order valence-electron chi connectivity index (χ2n) is 4.38. The minimum absolute atomic E-state index is 0.485. The molecule has 2 rings (SSSR count). The maximum atomic E-state index is 9.50. The molecule has 1 aliphatic heterocycles. The molecule has 4 nitrogen and oxygen atoms in total. The lowest BCUT2D eigenvalue weighted by Gasteiger charge is -2.25. The van der Waals surface area contributed by atoms with Crippen LogP contribution in [0, 0.1) is 11.8 Å². The first-order valence-corrected chi connectivity index (χ1v) is 6.13. The van der Waals surface area contributed by atoms with Crippen molar-refractivity contribution in [3.63, 3.8) is 0 Å². The van der Waals surface area contributed by atoms with Crippen molar-refractivity contribution in [2.45, 2.75) is 39.5 Å². The Morgan fingerprint density at radius 1 is 1.47 bits per heavy atom. The molecule has 1 aromatic heterocycles. The molecule has 0 saturated heterocycles. The number of hydrogen-bond acceptors (Lipinski definition) is 3. The first kappa shape index (κ1) is 12.2. The molecule has 17 heavy (non-hydrogen) atoms. The van der Waals surface area contributed by atoms with Gasteiger partial charge in [0.05, 0.1) is 30.6 Å². The van der Waals surface area contributed by atoms with Crippen LogP contribution in [-0.4, -0.2) is 32.9 Å². The zero-order valence-electron chi connectivity index (χ0n) is 10.5. The van der Waals surface area contributed by atoms with Crippen molar-refractivity contribution in [2.75, 3.05) is 13.1 Å². The lowest BCUT2D eigenvalue weighted by molar-refractivity contribution is 0.192. The van der Waals surface area contributed by atoms with E-state index in [-0.39, 0.29) is 0 Å². The fourth-order valence-corrected chi connectivity index (χ4v) is 1.97. The highest BCUT2D eigenvalue weighted by atomic mass is 16.3. The van der Waals surface area contributed by atoms with Crippen LogP contribution in [0.15, 0.2) is 6.07 Å². The summed E-state index contributed by atoms with van der Waals surface area (Å²) in [6, 6.07) is 1.99. The Balaban J connectivity index is 2.03. The number of rotatable bonds is 2. The van der Waals surface area contributed by atoms with Gasteiger partial charge in [0.15, 0.2) is 0 Å². The summed E-state index contributed by atoms with van der Waals surface area (Å²) in [5.74, 6) is 6.25. The number of aromatic nitrogens is 2. The van der Waals surface area contributed by atoms with Gasteiger partial charge in [0.1, 0.15) is 0 Å². The molecule has 0 spiro atoms. The Hall–Kier alpha value is -1.31. The van der Waals surface area contributed by atoms with Crippen LogP contribution in [0.3, 0.4) is 0 Å². The molecule has 1 atom stereocenters. The number of nitrogens with zero attached hydrogens (tertiary/aromatic N) is 3. The van der Waals surface area contributed by atoms with Crippen molar-refractivity contribution in [2.24, 2.45) is 0 Å². The van der Waals surface area contributed by atoms with Crippen LogP contribution in [0.1, 0.15) is 37.8 Å². The van der Waals surface area contributed by atoms with Crippen LogP contribution in [0.5, 0.6) is 0 Å². The van der Waals surface area contributed by atoms with Crippen molar-refractivity contribution in [3.8, 4) is 11.8 Å². The third-order valence-corrected chi connectivity index (χ3v) is 2.93. The topological polar surface area (TPSA) is 41.3 Å². The van der Waals surface area contributed by atoms with Gasteiger partial charge in [-0.25, -0.2) is 0 Å². The highest BCUT2D eigenvalue weighted by Gasteiger charge is 2.18. The first-order valence-electron chi connectivity index (χ1n) is 6.13. The smallest absolute Gasteiger partial charge is 0.0950 e. The van der Waals surface area contributed by atoms with E-state index in [1.165, 1.54) is 5.69 Å². The molecule has 0 saturated carbocycles. The highest BCUT2D eigenvalue weighted by Crippen LogP contribution is 2.17. The van der Waals surface area contributed by atoms with Crippen molar-refractivity contribution in [1.29, 1.82) is 0 Å². The van der Waals surface area contributed by atoms with Crippen molar-refractivity contribution in [1.82, 2.24) is 14.7 Å². The Kier molecular flexibility index (Phi) is 3.82. The summed E-state index contributed by atoms with van der Waals surface area (Å²) >= 11 is 0. The van der Waals surface area contributed by atoms with Gasteiger partial charge in [-0.3, -0.25) is 9.58 Å². The Labute approximate surface area is 102 Å². The van der Waals surface area contributed by atoms with Gasteiger partial charge < -0.3 is 5.11 Å². The lowest BCUT2D eigenvalue weighted by Crippen LogP contribution is -2.34. The molecule has 0 aromatic carbocycles. The summed E-state index contributed by atoms with van der Waals surface area (Å²) in [6.45, 7) is 7.37. The van der Waals surface area contributed by atoms with Gasteiger partial charge in [0.2, 0.25) is 0 Å². The van der Waals surface area contributed by atoms with Crippen molar-refractivity contribution >= 4 is 0 Å². The largest absolute Gasteiger partial charge is 0.387 e. The number of hydrogen-bond donors (Lipinski definition) is 1. The second-order valence-corrected chi connectivity index (χ2v) is 4.38. The van der Waals surface area contributed by atoms with Gasteiger partial charge in [-0.15, -0.1) is 5.92 Å². The summed E-state index contributed by atoms with van der Waals surface area (Å²) < 4.78 is 1.99. The summed E-state index contributed by atoms with van der Waals surface area (Å²) in [4.78, 5) is 2.31. The van der Waals surface area contributed by atoms with E-state index in [0.29, 0.717) is 0 Å². The Morgan fingerprint density at radius 2 is 2.29 bits per heavy atom. The van der Waals surface area contributed by atoms with Crippen molar-refractivity contribution in [3.05, 3.63) is 17.5 Å². The van der Waals surface area contributed by atoms with Gasteiger partial charge in [-0.2, -0.15) is 5.10 Å². The third-order valence-electron chi connectivity index (χ3n) is 2.93. The van der Waals surface area contributed by atoms with E-state index in [9.17, 15) is 5.11 Å². The number of aliphatic hydroxyl groups excluding tert-OH is 1. The van der Waals surface area contributed by atoms with Crippen LogP contribution in [0.25, 0.3) is 0 Å². The van der Waals surface area contributed by atoms with Gasteiger partial charge >= 0.3 is 0 Å². The predicted molar refractivity (Wildman–Crippen MR) is 66.2 cm³/mol. The van der Waals surface area contributed by atoms with Crippen LogP contribution in [0.4, 0.5) is 0 Å². The van der Waals surface area contributed by atoms with Crippen LogP contribution in [0.2, 0.25) is 0 Å². The zero-order chi connectivity index (χ0) is 12.3. The molecule has 1 N–H and O–H groups in total. The Morgan fingerprint density at radius 3 is 3.00 bits per heavy atom. The van der Waals surface area contributed by atoms with E-state index in [0.717, 1.165) is 38.3 Å². The molecule has 4 heteroatoms. The van der Waals surface area contributed by atoms with Gasteiger partial charge in [0.25, 0.3) is 0 Å². The fraction of sp³-hybridized carbons (Fsp3) is 0.615. The van der Waals surface area contributed by atoms with Crippen LogP contribution in [-0.2, 0) is 13.1 Å². The molecule has 0 aliphatic carbocycles. The summed E-state index contributed by atoms with van der Waals surface area (Å²) in [7, 11) is 0. The normalized spacial score (nSPS) is 17.1. The maximum absolute atomic E-state index is 9.50. The predicted octanol–water partition coefficient (Wildman–Crippen LogP) is 1.17. The fourth-order valence-electron chi connectivity index (χ4n) is 1.97. The minimum Gasteiger partial charge on any atom is -0.387 e. The maximum Gasteiger partial charge on any atom is 0.0950 e. The van der Waals surface area contributed by atoms with Crippen LogP contribution < -0.4 is 0 Å². The second kappa shape index (κ2) is 5.35. The molecule has 1 aliphatic rings. The van der Waals surface area contributed by atoms with E-state index in [4.69, 9.17) is 0 Å². The molecular weight excluding hydrogens is 214 g/mol. The van der Waals surface area contributed by atoms with E-state index >= 15 is 0 Å². The molecule has 0 fully saturated rings. The molecule has 0 bridgehead atoms. The standard InChI is InChI=1S/C13H19N3O/c1-3-4-5-6-15-7-8-16-12(10-15)9-13(14-16)11(2)17/h9,11,17H,3,6-8,10H2,1-2H3. The molecule has 2 heterocycles. The molecule has 92 valence electrons. The summed E-state index contributed by atoms with van der Waals surface area (Å²) in [5.41, 5.74) is 1.94. The minimum atomic E-state index is -0.485. The van der Waals surface area contributed by atoms with Gasteiger partial charge in [0, 0.05) is 19.5 Å². The average Bonchev–Trinajstić information content (AvgIpc) is 2.72. The Bertz CT molecular complexity index is 439. The molecule has 1 unspecified atom stereocenters. The van der Waals surface area contributed by atoms with Gasteiger partial charge in [-0.1, -0.05) is 12.8 Å². The SMILES string of the molecule is CCC#CCN1CCn2nc(C(C)O)cc2C1. The first-order chi connectivity index (χ1) is 8.20. The van der Waals surface area contributed by atoms with Gasteiger partial charge in [-0.05, 0) is 13.0 Å². The monoisotopic (exact) mass is 233 g/mol. The molecule has 0 amide bonds. The summed E-state index contributed by atoms with van der Waals surface area (Å²) in [6.07, 6.45) is 0.430. The van der Waals surface area contributed by atoms with E-state index in [1.807, 2.05) is 10.7 Å².